The van der Waals surface area contributed by atoms with E-state index in [9.17, 15) is 13.2 Å². The Morgan fingerprint density at radius 2 is 1.75 bits per heavy atom. The maximum absolute atomic E-state index is 12.6. The van der Waals surface area contributed by atoms with Crippen molar-refractivity contribution in [3.8, 4) is 0 Å². The fourth-order valence-corrected chi connectivity index (χ4v) is 4.72. The molecule has 116 valence electrons. The van der Waals surface area contributed by atoms with Crippen molar-refractivity contribution in [2.24, 2.45) is 11.7 Å². The largest absolute Gasteiger partial charge is 0.373 e. The van der Waals surface area contributed by atoms with Crippen LogP contribution in [-0.4, -0.2) is 61.3 Å². The van der Waals surface area contributed by atoms with Gasteiger partial charge in [-0.1, -0.05) is 0 Å². The molecule has 7 nitrogen and oxygen atoms in total. The molecule has 0 bridgehead atoms. The maximum Gasteiger partial charge on any atom is 0.282 e. The van der Waals surface area contributed by atoms with Gasteiger partial charge in [0.15, 0.2) is 0 Å². The molecule has 0 aromatic carbocycles. The van der Waals surface area contributed by atoms with Crippen LogP contribution in [0.1, 0.15) is 26.7 Å². The lowest BCUT2D eigenvalue weighted by atomic mass is 9.99. The van der Waals surface area contributed by atoms with Crippen LogP contribution in [-0.2, 0) is 19.7 Å². The van der Waals surface area contributed by atoms with Crippen LogP contribution in [0.2, 0.25) is 0 Å². The molecule has 20 heavy (non-hydrogen) atoms. The highest BCUT2D eigenvalue weighted by molar-refractivity contribution is 7.86. The van der Waals surface area contributed by atoms with E-state index in [1.165, 1.54) is 8.61 Å². The van der Waals surface area contributed by atoms with E-state index in [2.05, 4.69) is 0 Å². The molecule has 2 aliphatic rings. The average Bonchev–Trinajstić information content (AvgIpc) is 2.37. The highest BCUT2D eigenvalue weighted by Gasteiger charge is 2.38. The van der Waals surface area contributed by atoms with E-state index < -0.39 is 16.1 Å². The molecule has 2 N–H and O–H groups in total. The molecule has 0 saturated carbocycles. The second-order valence-electron chi connectivity index (χ2n) is 5.68. The van der Waals surface area contributed by atoms with E-state index in [4.69, 9.17) is 10.5 Å². The van der Waals surface area contributed by atoms with Crippen LogP contribution < -0.4 is 5.73 Å². The summed E-state index contributed by atoms with van der Waals surface area (Å²) in [4.78, 5) is 11.3. The Morgan fingerprint density at radius 1 is 1.15 bits per heavy atom. The molecule has 2 rings (SSSR count). The molecule has 0 aromatic heterocycles. The van der Waals surface area contributed by atoms with Crippen LogP contribution in [0, 0.1) is 5.92 Å². The monoisotopic (exact) mass is 305 g/mol. The molecule has 8 heteroatoms. The first-order valence-electron chi connectivity index (χ1n) is 7.00. The summed E-state index contributed by atoms with van der Waals surface area (Å²) < 4.78 is 33.7. The Labute approximate surface area is 120 Å². The van der Waals surface area contributed by atoms with Crippen molar-refractivity contribution in [1.29, 1.82) is 0 Å². The second kappa shape index (κ2) is 5.97. The minimum absolute atomic E-state index is 0.120. The molecule has 1 amide bonds. The molecule has 0 aromatic rings. The fourth-order valence-electron chi connectivity index (χ4n) is 2.87. The third-order valence-corrected chi connectivity index (χ3v) is 5.76. The third kappa shape index (κ3) is 3.30. The Hall–Kier alpha value is -0.700. The van der Waals surface area contributed by atoms with Crippen LogP contribution in [0.3, 0.4) is 0 Å². The normalized spacial score (nSPS) is 34.0. The van der Waals surface area contributed by atoms with E-state index in [-0.39, 0.29) is 24.7 Å². The Kier molecular flexibility index (Phi) is 4.68. The van der Waals surface area contributed by atoms with Crippen LogP contribution in [0.5, 0.6) is 0 Å². The van der Waals surface area contributed by atoms with Gasteiger partial charge in [-0.05, 0) is 26.7 Å². The molecule has 2 heterocycles. The molecule has 0 radical (unpaired) electrons. The molecule has 0 aliphatic carbocycles. The number of rotatable bonds is 3. The van der Waals surface area contributed by atoms with Gasteiger partial charge in [0.05, 0.1) is 18.1 Å². The maximum atomic E-state index is 12.6. The summed E-state index contributed by atoms with van der Waals surface area (Å²) in [5.74, 6) is -0.803. The molecule has 2 aliphatic heterocycles. The van der Waals surface area contributed by atoms with Gasteiger partial charge in [0, 0.05) is 26.2 Å². The third-order valence-electron chi connectivity index (χ3n) is 3.83. The van der Waals surface area contributed by atoms with Crippen molar-refractivity contribution in [3.63, 3.8) is 0 Å². The number of primary amides is 1. The zero-order chi connectivity index (χ0) is 14.9. The first kappa shape index (κ1) is 15.7. The quantitative estimate of drug-likeness (QED) is 0.763. The number of nitrogens with zero attached hydrogens (tertiary/aromatic N) is 2. The van der Waals surface area contributed by atoms with Gasteiger partial charge in [-0.2, -0.15) is 17.0 Å². The standard InChI is InChI=1S/C12H23N3O4S/c1-9-6-15(7-10(2)19-9)20(17,18)14-5-3-4-11(8-14)12(13)16/h9-11H,3-8H2,1-2H3,(H2,13,16). The first-order valence-corrected chi connectivity index (χ1v) is 8.40. The van der Waals surface area contributed by atoms with Gasteiger partial charge >= 0.3 is 0 Å². The molecule has 3 atom stereocenters. The zero-order valence-electron chi connectivity index (χ0n) is 12.0. The lowest BCUT2D eigenvalue weighted by Crippen LogP contribution is -2.55. The molecule has 2 saturated heterocycles. The van der Waals surface area contributed by atoms with Gasteiger partial charge in [0.1, 0.15) is 0 Å². The minimum Gasteiger partial charge on any atom is -0.373 e. The number of hydrogen-bond donors (Lipinski definition) is 1. The lowest BCUT2D eigenvalue weighted by molar-refractivity contribution is -0.122. The minimum atomic E-state index is -3.54. The van der Waals surface area contributed by atoms with Gasteiger partial charge in [-0.25, -0.2) is 0 Å². The van der Waals surface area contributed by atoms with E-state index in [1.807, 2.05) is 13.8 Å². The van der Waals surface area contributed by atoms with Crippen molar-refractivity contribution in [1.82, 2.24) is 8.61 Å². The van der Waals surface area contributed by atoms with Crippen molar-refractivity contribution >= 4 is 16.1 Å². The van der Waals surface area contributed by atoms with E-state index in [0.717, 1.165) is 0 Å². The summed E-state index contributed by atoms with van der Waals surface area (Å²) in [5, 5.41) is 0. The average molecular weight is 305 g/mol. The Morgan fingerprint density at radius 3 is 2.30 bits per heavy atom. The summed E-state index contributed by atoms with van der Waals surface area (Å²) in [6, 6.07) is 0. The summed E-state index contributed by atoms with van der Waals surface area (Å²) in [6.07, 6.45) is 1.09. The van der Waals surface area contributed by atoms with Gasteiger partial charge in [-0.15, -0.1) is 0 Å². The van der Waals surface area contributed by atoms with Crippen LogP contribution in [0.15, 0.2) is 0 Å². The SMILES string of the molecule is CC1CN(S(=O)(=O)N2CCCC(C(N)=O)C2)CC(C)O1. The molecule has 3 unspecified atom stereocenters. The van der Waals surface area contributed by atoms with E-state index >= 15 is 0 Å². The lowest BCUT2D eigenvalue weighted by Gasteiger charge is -2.39. The Bertz CT molecular complexity index is 457. The molecule has 0 spiro atoms. The van der Waals surface area contributed by atoms with Crippen molar-refractivity contribution in [3.05, 3.63) is 0 Å². The van der Waals surface area contributed by atoms with Crippen molar-refractivity contribution in [2.75, 3.05) is 26.2 Å². The van der Waals surface area contributed by atoms with Crippen LogP contribution >= 0.6 is 0 Å². The number of carbonyl (C=O) groups is 1. The smallest absolute Gasteiger partial charge is 0.282 e. The van der Waals surface area contributed by atoms with Crippen LogP contribution in [0.25, 0.3) is 0 Å². The summed E-state index contributed by atoms with van der Waals surface area (Å²) >= 11 is 0. The number of nitrogens with two attached hydrogens (primary N) is 1. The van der Waals surface area contributed by atoms with Crippen LogP contribution in [0.4, 0.5) is 0 Å². The predicted molar refractivity (Wildman–Crippen MR) is 74.0 cm³/mol. The molecule has 2 fully saturated rings. The molecular formula is C12H23N3O4S. The fraction of sp³-hybridized carbons (Fsp3) is 0.917. The number of carbonyl (C=O) groups excluding carboxylic acids is 1. The van der Waals surface area contributed by atoms with E-state index in [0.29, 0.717) is 32.5 Å². The Balaban J connectivity index is 2.11. The number of ether oxygens (including phenoxy) is 1. The topological polar surface area (TPSA) is 92.9 Å². The second-order valence-corrected chi connectivity index (χ2v) is 7.61. The summed E-state index contributed by atoms with van der Waals surface area (Å²) in [7, 11) is -3.54. The van der Waals surface area contributed by atoms with Gasteiger partial charge < -0.3 is 10.5 Å². The van der Waals surface area contributed by atoms with Crippen molar-refractivity contribution in [2.45, 2.75) is 38.9 Å². The number of morpholine rings is 1. The molecular weight excluding hydrogens is 282 g/mol. The number of piperidine rings is 1. The summed E-state index contributed by atoms with van der Waals surface area (Å²) in [6.45, 7) is 5.07. The van der Waals surface area contributed by atoms with Gasteiger partial charge in [-0.3, -0.25) is 4.79 Å². The number of amides is 1. The highest BCUT2D eigenvalue weighted by atomic mass is 32.2. The number of hydrogen-bond acceptors (Lipinski definition) is 4. The zero-order valence-corrected chi connectivity index (χ0v) is 12.8. The van der Waals surface area contributed by atoms with Gasteiger partial charge in [0.2, 0.25) is 5.91 Å². The predicted octanol–water partition coefficient (Wildman–Crippen LogP) is -0.462. The van der Waals surface area contributed by atoms with Gasteiger partial charge in [0.25, 0.3) is 10.2 Å². The summed E-state index contributed by atoms with van der Waals surface area (Å²) in [5.41, 5.74) is 5.30. The van der Waals surface area contributed by atoms with Crippen molar-refractivity contribution < 1.29 is 17.9 Å². The first-order chi connectivity index (χ1) is 9.30. The highest BCUT2D eigenvalue weighted by Crippen LogP contribution is 2.23. The van der Waals surface area contributed by atoms with E-state index in [1.54, 1.807) is 0 Å².